The molecule has 0 fully saturated rings. The molecule has 0 unspecified atom stereocenters. The van der Waals surface area contributed by atoms with Crippen LogP contribution in [0.15, 0.2) is 22.7 Å². The van der Waals surface area contributed by atoms with Gasteiger partial charge in [0.15, 0.2) is 0 Å². The number of hydrogen-bond acceptors (Lipinski definition) is 0. The van der Waals surface area contributed by atoms with Gasteiger partial charge < -0.3 is 0 Å². The van der Waals surface area contributed by atoms with E-state index in [1.165, 1.54) is 0 Å². The van der Waals surface area contributed by atoms with Crippen LogP contribution in [-0.4, -0.2) is 0 Å². The van der Waals surface area contributed by atoms with Crippen molar-refractivity contribution in [3.05, 3.63) is 33.8 Å². The highest BCUT2D eigenvalue weighted by Crippen LogP contribution is 2.36. The fraction of sp³-hybridized carbons (Fsp3) is 0.250. The predicted octanol–water partition coefficient (Wildman–Crippen LogP) is 4.41. The summed E-state index contributed by atoms with van der Waals surface area (Å²) in [5.74, 6) is 0. The first-order valence-electron chi connectivity index (χ1n) is 3.47. The van der Waals surface area contributed by atoms with Crippen LogP contribution in [0.1, 0.15) is 17.6 Å². The first-order valence-corrected chi connectivity index (χ1v) is 4.26. The van der Waals surface area contributed by atoms with Gasteiger partial charge in [0.1, 0.15) is 0 Å². The quantitative estimate of drug-likeness (QED) is 0.666. The van der Waals surface area contributed by atoms with E-state index in [-0.39, 0.29) is 4.47 Å². The molecule has 0 atom stereocenters. The van der Waals surface area contributed by atoms with Crippen molar-refractivity contribution in [1.82, 2.24) is 0 Å². The lowest BCUT2D eigenvalue weighted by Gasteiger charge is -2.10. The van der Waals surface area contributed by atoms with Gasteiger partial charge in [-0.05, 0) is 12.1 Å². The Morgan fingerprint density at radius 2 is 1.71 bits per heavy atom. The van der Waals surface area contributed by atoms with Crippen LogP contribution in [0.25, 0.3) is 0 Å². The van der Waals surface area contributed by atoms with Crippen molar-refractivity contribution in [2.75, 3.05) is 0 Å². The summed E-state index contributed by atoms with van der Waals surface area (Å²) in [6.45, 7) is 0. The average Bonchev–Trinajstić information content (AvgIpc) is 2.02. The summed E-state index contributed by atoms with van der Waals surface area (Å²) in [5, 5.41) is 0. The highest BCUT2D eigenvalue weighted by Gasteiger charge is 2.33. The van der Waals surface area contributed by atoms with Crippen molar-refractivity contribution in [2.24, 2.45) is 0 Å². The minimum Gasteiger partial charge on any atom is -0.205 e. The van der Waals surface area contributed by atoms with E-state index >= 15 is 0 Å². The van der Waals surface area contributed by atoms with Gasteiger partial charge in [-0.15, -0.1) is 0 Å². The molecule has 0 aromatic heterocycles. The summed E-state index contributed by atoms with van der Waals surface area (Å²) in [6, 6.07) is 2.35. The van der Waals surface area contributed by atoms with Crippen molar-refractivity contribution in [3.63, 3.8) is 0 Å². The molecule has 78 valence electrons. The summed E-state index contributed by atoms with van der Waals surface area (Å²) in [6.07, 6.45) is -7.52. The van der Waals surface area contributed by atoms with Gasteiger partial charge >= 0.3 is 6.18 Å². The van der Waals surface area contributed by atoms with E-state index in [2.05, 4.69) is 15.9 Å². The summed E-state index contributed by atoms with van der Waals surface area (Å²) < 4.78 is 60.6. The number of benzene rings is 1. The third kappa shape index (κ3) is 2.43. The molecule has 1 aromatic carbocycles. The van der Waals surface area contributed by atoms with E-state index in [4.69, 9.17) is 0 Å². The van der Waals surface area contributed by atoms with Gasteiger partial charge in [0.25, 0.3) is 6.43 Å². The number of rotatable bonds is 1. The van der Waals surface area contributed by atoms with Crippen molar-refractivity contribution in [1.29, 1.82) is 0 Å². The van der Waals surface area contributed by atoms with Crippen molar-refractivity contribution in [2.45, 2.75) is 12.6 Å². The molecule has 6 heteroatoms. The van der Waals surface area contributed by atoms with Gasteiger partial charge in [-0.2, -0.15) is 13.2 Å². The first-order chi connectivity index (χ1) is 6.32. The Bertz CT molecular complexity index is 331. The van der Waals surface area contributed by atoms with Crippen molar-refractivity contribution < 1.29 is 22.0 Å². The van der Waals surface area contributed by atoms with E-state index in [1.807, 2.05) is 0 Å². The van der Waals surface area contributed by atoms with Crippen LogP contribution < -0.4 is 0 Å². The van der Waals surface area contributed by atoms with Crippen LogP contribution in [0, 0.1) is 0 Å². The SMILES string of the molecule is FC(F)c1ccc(Br)c(C(F)(F)F)c1. The normalized spacial score (nSPS) is 12.2. The molecule has 0 aliphatic rings. The number of halogens is 6. The summed E-state index contributed by atoms with van der Waals surface area (Å²) in [4.78, 5) is 0. The van der Waals surface area contributed by atoms with Gasteiger partial charge in [-0.3, -0.25) is 0 Å². The first kappa shape index (κ1) is 11.4. The Kier molecular flexibility index (Phi) is 3.14. The molecule has 0 nitrogen and oxygen atoms in total. The highest BCUT2D eigenvalue weighted by atomic mass is 79.9. The van der Waals surface area contributed by atoms with E-state index < -0.39 is 23.7 Å². The third-order valence-electron chi connectivity index (χ3n) is 1.55. The Morgan fingerprint density at radius 3 is 2.14 bits per heavy atom. The second kappa shape index (κ2) is 3.84. The Labute approximate surface area is 84.9 Å². The molecule has 14 heavy (non-hydrogen) atoms. The molecule has 1 rings (SSSR count). The van der Waals surface area contributed by atoms with Gasteiger partial charge in [0.2, 0.25) is 0 Å². The Balaban J connectivity index is 3.22. The monoisotopic (exact) mass is 274 g/mol. The molecule has 0 aliphatic carbocycles. The maximum absolute atomic E-state index is 12.2. The molecule has 0 saturated carbocycles. The Hall–Kier alpha value is -0.650. The summed E-state index contributed by atoms with van der Waals surface area (Å²) in [7, 11) is 0. The van der Waals surface area contributed by atoms with Crippen LogP contribution in [0.2, 0.25) is 0 Å². The average molecular weight is 275 g/mol. The largest absolute Gasteiger partial charge is 0.417 e. The van der Waals surface area contributed by atoms with E-state index in [0.717, 1.165) is 12.1 Å². The fourth-order valence-corrected chi connectivity index (χ4v) is 1.37. The molecule has 0 heterocycles. The highest BCUT2D eigenvalue weighted by molar-refractivity contribution is 9.10. The molecule has 1 aromatic rings. The maximum Gasteiger partial charge on any atom is 0.417 e. The molecule has 0 bridgehead atoms. The topological polar surface area (TPSA) is 0 Å². The lowest BCUT2D eigenvalue weighted by molar-refractivity contribution is -0.138. The molecule has 0 saturated heterocycles. The zero-order chi connectivity index (χ0) is 10.9. The van der Waals surface area contributed by atoms with E-state index in [1.54, 1.807) is 0 Å². The lowest BCUT2D eigenvalue weighted by atomic mass is 10.1. The Morgan fingerprint density at radius 1 is 1.14 bits per heavy atom. The molecule has 0 aliphatic heterocycles. The van der Waals surface area contributed by atoms with Gasteiger partial charge in [-0.1, -0.05) is 22.0 Å². The maximum atomic E-state index is 12.2. The van der Waals surface area contributed by atoms with Crippen LogP contribution in [0.4, 0.5) is 22.0 Å². The molecular formula is C8H4BrF5. The molecule has 0 amide bonds. The van der Waals surface area contributed by atoms with Crippen LogP contribution >= 0.6 is 15.9 Å². The standard InChI is InChI=1S/C8H4BrF5/c9-6-2-1-4(7(10)11)3-5(6)8(12,13)14/h1-3,7H. The molecule has 0 N–H and O–H groups in total. The van der Waals surface area contributed by atoms with Gasteiger partial charge in [-0.25, -0.2) is 8.78 Å². The third-order valence-corrected chi connectivity index (χ3v) is 2.24. The second-order valence-electron chi connectivity index (χ2n) is 2.54. The molecular weight excluding hydrogens is 271 g/mol. The van der Waals surface area contributed by atoms with Crippen molar-refractivity contribution in [3.8, 4) is 0 Å². The van der Waals surface area contributed by atoms with Crippen LogP contribution in [0.5, 0.6) is 0 Å². The van der Waals surface area contributed by atoms with Gasteiger partial charge in [0.05, 0.1) is 5.56 Å². The van der Waals surface area contributed by atoms with Crippen LogP contribution in [0.3, 0.4) is 0 Å². The zero-order valence-electron chi connectivity index (χ0n) is 6.58. The minimum atomic E-state index is -4.62. The molecule has 0 radical (unpaired) electrons. The second-order valence-corrected chi connectivity index (χ2v) is 3.39. The van der Waals surface area contributed by atoms with E-state index in [9.17, 15) is 22.0 Å². The van der Waals surface area contributed by atoms with Gasteiger partial charge in [0, 0.05) is 10.0 Å². The molecule has 0 spiro atoms. The smallest absolute Gasteiger partial charge is 0.205 e. The number of alkyl halides is 5. The predicted molar refractivity (Wildman–Crippen MR) is 44.1 cm³/mol. The van der Waals surface area contributed by atoms with E-state index in [0.29, 0.717) is 6.07 Å². The summed E-state index contributed by atoms with van der Waals surface area (Å²) >= 11 is 2.65. The van der Waals surface area contributed by atoms with Crippen molar-refractivity contribution >= 4 is 15.9 Å². The zero-order valence-corrected chi connectivity index (χ0v) is 8.16. The van der Waals surface area contributed by atoms with Crippen LogP contribution in [-0.2, 0) is 6.18 Å². The number of hydrogen-bond donors (Lipinski definition) is 0. The minimum absolute atomic E-state index is 0.241. The summed E-state index contributed by atoms with van der Waals surface area (Å²) in [5.41, 5.74) is -1.73. The lowest BCUT2D eigenvalue weighted by Crippen LogP contribution is -2.06. The fourth-order valence-electron chi connectivity index (χ4n) is 0.896.